The van der Waals surface area contributed by atoms with Crippen molar-refractivity contribution in [2.45, 2.75) is 6.67 Å². The van der Waals surface area contributed by atoms with Crippen LogP contribution < -0.4 is 4.74 Å². The molecule has 5 rings (SSSR count). The molecule has 0 saturated carbocycles. The fraction of sp³-hybridized carbons (Fsp3) is 0.100. The van der Waals surface area contributed by atoms with Crippen molar-refractivity contribution in [3.05, 3.63) is 66.7 Å². The molecule has 1 aromatic heterocycles. The molecule has 7 nitrogen and oxygen atoms in total. The van der Waals surface area contributed by atoms with Crippen molar-refractivity contribution in [2.24, 2.45) is 0 Å². The maximum Gasteiger partial charge on any atom is 0.163 e. The quantitative estimate of drug-likeness (QED) is 0.482. The Kier molecular flexibility index (Phi) is 3.75. The number of halogens is 1. The van der Waals surface area contributed by atoms with Crippen molar-refractivity contribution >= 4 is 11.0 Å². The second-order valence-electron chi connectivity index (χ2n) is 6.34. The molecule has 0 N–H and O–H groups in total. The van der Waals surface area contributed by atoms with Crippen molar-refractivity contribution in [3.63, 3.8) is 0 Å². The Hall–Kier alpha value is -3.81. The smallest absolute Gasteiger partial charge is 0.163 e. The van der Waals surface area contributed by atoms with Crippen LogP contribution >= 0.6 is 0 Å². The van der Waals surface area contributed by atoms with E-state index < -0.39 is 5.82 Å². The summed E-state index contributed by atoms with van der Waals surface area (Å²) < 4.78 is 23.2. The van der Waals surface area contributed by atoms with Gasteiger partial charge in [-0.3, -0.25) is 0 Å². The van der Waals surface area contributed by atoms with Gasteiger partial charge in [-0.15, -0.1) is 5.10 Å². The molecule has 0 bridgehead atoms. The lowest BCUT2D eigenvalue weighted by molar-refractivity contribution is 0.414. The highest BCUT2D eigenvalue weighted by Gasteiger charge is 2.16. The van der Waals surface area contributed by atoms with Crippen LogP contribution in [0.25, 0.3) is 33.8 Å². The average Bonchev–Trinajstić information content (AvgIpc) is 3.32. The zero-order valence-corrected chi connectivity index (χ0v) is 15.0. The van der Waals surface area contributed by atoms with Crippen LogP contribution in [0.4, 0.5) is 4.39 Å². The number of nitrogens with zero attached hydrogens (tertiary/aromatic N) is 6. The van der Waals surface area contributed by atoms with E-state index in [0.29, 0.717) is 35.2 Å². The van der Waals surface area contributed by atoms with Crippen LogP contribution in [0.3, 0.4) is 0 Å². The molecule has 28 heavy (non-hydrogen) atoms. The third kappa shape index (κ3) is 2.75. The number of ether oxygens (including phenoxy) is 1. The number of pyridine rings is 1. The lowest BCUT2D eigenvalue weighted by atomic mass is 10.2. The van der Waals surface area contributed by atoms with Gasteiger partial charge in [-0.2, -0.15) is 0 Å². The van der Waals surface area contributed by atoms with Gasteiger partial charge in [0.15, 0.2) is 5.82 Å². The van der Waals surface area contributed by atoms with Gasteiger partial charge < -0.3 is 9.30 Å². The van der Waals surface area contributed by atoms with E-state index in [1.165, 1.54) is 13.2 Å². The van der Waals surface area contributed by atoms with Crippen LogP contribution in [0.2, 0.25) is 0 Å². The minimum Gasteiger partial charge on any atom is -0.497 e. The zero-order chi connectivity index (χ0) is 19.1. The average molecular weight is 374 g/mol. The summed E-state index contributed by atoms with van der Waals surface area (Å²) in [7, 11) is 1.54. The first-order valence-corrected chi connectivity index (χ1v) is 8.67. The highest BCUT2D eigenvalue weighted by Crippen LogP contribution is 2.29. The molecule has 0 fully saturated rings. The molecule has 0 radical (unpaired) electrons. The second kappa shape index (κ2) is 6.41. The standard InChI is InChI=1S/C20H15FN6O/c1-28-13-6-7-15(21)14(10-13)20-22-16-8-9-26(11-18(16)23-20)12-27-19-5-3-2-4-17(19)24-25-27/h2-11H,12H2,1H3. The molecular weight excluding hydrogens is 359 g/mol. The van der Waals surface area contributed by atoms with Crippen LogP contribution in [0.5, 0.6) is 5.75 Å². The van der Waals surface area contributed by atoms with Crippen LogP contribution in [0.1, 0.15) is 0 Å². The van der Waals surface area contributed by atoms with Gasteiger partial charge in [-0.1, -0.05) is 17.3 Å². The van der Waals surface area contributed by atoms with E-state index in [4.69, 9.17) is 4.74 Å². The maximum absolute atomic E-state index is 14.2. The molecule has 2 aliphatic rings. The number of methoxy groups -OCH3 is 1. The number of imidazole rings is 1. The molecule has 0 unspecified atom stereocenters. The predicted octanol–water partition coefficient (Wildman–Crippen LogP) is 3.45. The number of benzene rings is 2. The molecule has 2 aliphatic heterocycles. The van der Waals surface area contributed by atoms with Crippen molar-refractivity contribution in [3.8, 4) is 28.5 Å². The first-order chi connectivity index (χ1) is 13.7. The number of para-hydroxylation sites is 1. The zero-order valence-electron chi connectivity index (χ0n) is 15.0. The topological polar surface area (TPSA) is 70.7 Å². The third-order valence-corrected chi connectivity index (χ3v) is 4.56. The molecule has 3 aromatic rings. The predicted molar refractivity (Wildman–Crippen MR) is 102 cm³/mol. The Balaban J connectivity index is 1.52. The van der Waals surface area contributed by atoms with Crippen LogP contribution in [0, 0.1) is 5.82 Å². The van der Waals surface area contributed by atoms with Crippen LogP contribution in [-0.4, -0.2) is 36.6 Å². The lowest BCUT2D eigenvalue weighted by Crippen LogP contribution is -2.09. The van der Waals surface area contributed by atoms with E-state index in [2.05, 4.69) is 20.3 Å². The number of fused-ring (bicyclic) bond motifs is 2. The largest absolute Gasteiger partial charge is 0.497 e. The number of hydrogen-bond acceptors (Lipinski definition) is 5. The van der Waals surface area contributed by atoms with E-state index in [-0.39, 0.29) is 0 Å². The first-order valence-electron chi connectivity index (χ1n) is 8.67. The monoisotopic (exact) mass is 374 g/mol. The molecule has 0 spiro atoms. The van der Waals surface area contributed by atoms with E-state index >= 15 is 0 Å². The van der Waals surface area contributed by atoms with E-state index in [1.54, 1.807) is 16.8 Å². The van der Waals surface area contributed by atoms with E-state index in [0.717, 1.165) is 11.0 Å². The van der Waals surface area contributed by atoms with Gasteiger partial charge in [-0.05, 0) is 36.4 Å². The van der Waals surface area contributed by atoms with Crippen molar-refractivity contribution in [2.75, 3.05) is 7.11 Å². The van der Waals surface area contributed by atoms with Crippen LogP contribution in [-0.2, 0) is 6.67 Å². The summed E-state index contributed by atoms with van der Waals surface area (Å²) in [6, 6.07) is 14.1. The highest BCUT2D eigenvalue weighted by molar-refractivity contribution is 5.73. The van der Waals surface area contributed by atoms with Gasteiger partial charge in [0.1, 0.15) is 29.4 Å². The molecule has 8 heteroatoms. The fourth-order valence-electron chi connectivity index (χ4n) is 3.14. The number of rotatable bonds is 4. The molecule has 0 atom stereocenters. The minimum absolute atomic E-state index is 0.310. The number of hydrogen-bond donors (Lipinski definition) is 0. The maximum atomic E-state index is 14.2. The van der Waals surface area contributed by atoms with Gasteiger partial charge in [0.2, 0.25) is 0 Å². The van der Waals surface area contributed by atoms with Crippen molar-refractivity contribution < 1.29 is 9.13 Å². The molecule has 138 valence electrons. The summed E-state index contributed by atoms with van der Waals surface area (Å²) in [5.74, 6) is 0.492. The SMILES string of the molecule is COc1ccc(F)c(-c2nc3ccn(Cn4nnc5ccccc54)cc-3n2)c1. The Labute approximate surface area is 159 Å². The molecule has 2 aromatic carbocycles. The summed E-state index contributed by atoms with van der Waals surface area (Å²) in [5, 5.41) is 8.37. The summed E-state index contributed by atoms with van der Waals surface area (Å²) in [6.07, 6.45) is 3.75. The van der Waals surface area contributed by atoms with Gasteiger partial charge >= 0.3 is 0 Å². The lowest BCUT2D eigenvalue weighted by Gasteiger charge is -2.08. The normalized spacial score (nSPS) is 11.4. The molecular formula is C20H15FN6O. The minimum atomic E-state index is -0.391. The summed E-state index contributed by atoms with van der Waals surface area (Å²) >= 11 is 0. The fourth-order valence-corrected chi connectivity index (χ4v) is 3.14. The summed E-state index contributed by atoms with van der Waals surface area (Å²) in [6.45, 7) is 0.478. The van der Waals surface area contributed by atoms with Crippen LogP contribution in [0.15, 0.2) is 60.9 Å². The van der Waals surface area contributed by atoms with E-state index in [9.17, 15) is 4.39 Å². The Bertz CT molecular complexity index is 1260. The Morgan fingerprint density at radius 2 is 1.89 bits per heavy atom. The number of aromatic nitrogens is 6. The van der Waals surface area contributed by atoms with Gasteiger partial charge in [0.25, 0.3) is 0 Å². The first kappa shape index (κ1) is 16.4. The van der Waals surface area contributed by atoms with Gasteiger partial charge in [0, 0.05) is 12.4 Å². The third-order valence-electron chi connectivity index (χ3n) is 4.56. The molecule has 0 amide bonds. The van der Waals surface area contributed by atoms with Gasteiger partial charge in [-0.25, -0.2) is 19.0 Å². The Morgan fingerprint density at radius 1 is 1.04 bits per heavy atom. The van der Waals surface area contributed by atoms with Crippen molar-refractivity contribution in [1.82, 2.24) is 29.5 Å². The molecule has 0 saturated heterocycles. The van der Waals surface area contributed by atoms with Gasteiger partial charge in [0.05, 0.1) is 23.9 Å². The van der Waals surface area contributed by atoms with Crippen molar-refractivity contribution in [1.29, 1.82) is 0 Å². The summed E-state index contributed by atoms with van der Waals surface area (Å²) in [4.78, 5) is 8.95. The highest BCUT2D eigenvalue weighted by atomic mass is 19.1. The molecule has 3 heterocycles. The summed E-state index contributed by atoms with van der Waals surface area (Å²) in [5.41, 5.74) is 3.46. The second-order valence-corrected chi connectivity index (χ2v) is 6.34. The van der Waals surface area contributed by atoms with E-state index in [1.807, 2.05) is 47.3 Å². The molecule has 0 aliphatic carbocycles. The Morgan fingerprint density at radius 3 is 2.79 bits per heavy atom.